The van der Waals surface area contributed by atoms with Gasteiger partial charge < -0.3 is 0 Å². The zero-order chi connectivity index (χ0) is 15.3. The molecule has 0 saturated carbocycles. The molecule has 0 N–H and O–H groups in total. The van der Waals surface area contributed by atoms with E-state index in [4.69, 9.17) is 0 Å². The van der Waals surface area contributed by atoms with Gasteiger partial charge in [0.05, 0.1) is 4.90 Å². The highest BCUT2D eigenvalue weighted by molar-refractivity contribution is 7.89. The maximum Gasteiger partial charge on any atom is 0.243 e. The average Bonchev–Trinajstić information content (AvgIpc) is 2.48. The van der Waals surface area contributed by atoms with E-state index in [1.54, 1.807) is 16.4 Å². The highest BCUT2D eigenvalue weighted by Gasteiger charge is 2.26. The molecule has 1 aliphatic heterocycles. The lowest BCUT2D eigenvalue weighted by atomic mass is 10.1. The van der Waals surface area contributed by atoms with Crippen LogP contribution in [0.5, 0.6) is 0 Å². The van der Waals surface area contributed by atoms with Crippen LogP contribution in [0.2, 0.25) is 0 Å². The van der Waals surface area contributed by atoms with Gasteiger partial charge in [0, 0.05) is 13.1 Å². The molecule has 1 heterocycles. The van der Waals surface area contributed by atoms with Gasteiger partial charge in [0.25, 0.3) is 0 Å². The van der Waals surface area contributed by atoms with Crippen molar-refractivity contribution in [1.82, 2.24) is 4.31 Å². The van der Waals surface area contributed by atoms with Gasteiger partial charge in [-0.2, -0.15) is 4.31 Å². The quantitative estimate of drug-likeness (QED) is 0.594. The van der Waals surface area contributed by atoms with Crippen LogP contribution >= 0.6 is 0 Å². The zero-order valence-electron chi connectivity index (χ0n) is 12.6. The number of hydrogen-bond donors (Lipinski definition) is 0. The molecule has 4 heteroatoms. The van der Waals surface area contributed by atoms with E-state index in [1.165, 1.54) is 5.57 Å². The molecule has 0 unspecified atom stereocenters. The van der Waals surface area contributed by atoms with Crippen LogP contribution in [0.25, 0.3) is 0 Å². The SMILES string of the molecule is C=CCCCC1=CCCN(S(=O)(=O)c2ccc(C)cc2)C1. The van der Waals surface area contributed by atoms with E-state index in [0.717, 1.165) is 31.2 Å². The molecule has 0 radical (unpaired) electrons. The van der Waals surface area contributed by atoms with Crippen molar-refractivity contribution in [2.75, 3.05) is 13.1 Å². The molecule has 114 valence electrons. The minimum absolute atomic E-state index is 0.389. The number of hydrogen-bond acceptors (Lipinski definition) is 2. The van der Waals surface area contributed by atoms with Crippen molar-refractivity contribution in [2.45, 2.75) is 37.5 Å². The van der Waals surface area contributed by atoms with E-state index in [2.05, 4.69) is 12.7 Å². The lowest BCUT2D eigenvalue weighted by molar-refractivity contribution is 0.421. The van der Waals surface area contributed by atoms with E-state index in [0.29, 0.717) is 18.0 Å². The molecule has 2 rings (SSSR count). The Bertz CT molecular complexity index is 615. The predicted molar refractivity (Wildman–Crippen MR) is 86.7 cm³/mol. The Morgan fingerprint density at radius 2 is 2.00 bits per heavy atom. The largest absolute Gasteiger partial charge is 0.243 e. The minimum Gasteiger partial charge on any atom is -0.207 e. The van der Waals surface area contributed by atoms with E-state index < -0.39 is 10.0 Å². The van der Waals surface area contributed by atoms with Gasteiger partial charge in [-0.15, -0.1) is 6.58 Å². The van der Waals surface area contributed by atoms with Gasteiger partial charge in [-0.3, -0.25) is 0 Å². The molecule has 0 saturated heterocycles. The van der Waals surface area contributed by atoms with Crippen molar-refractivity contribution in [1.29, 1.82) is 0 Å². The number of aryl methyl sites for hydroxylation is 1. The summed E-state index contributed by atoms with van der Waals surface area (Å²) in [4.78, 5) is 0.389. The van der Waals surface area contributed by atoms with Crippen LogP contribution in [-0.2, 0) is 10.0 Å². The minimum atomic E-state index is -3.37. The first kappa shape index (κ1) is 16.0. The summed E-state index contributed by atoms with van der Waals surface area (Å²) in [5.74, 6) is 0. The number of allylic oxidation sites excluding steroid dienone is 1. The molecule has 3 nitrogen and oxygen atoms in total. The van der Waals surface area contributed by atoms with E-state index in [-0.39, 0.29) is 0 Å². The molecule has 0 aromatic heterocycles. The first-order chi connectivity index (χ1) is 10.0. The Morgan fingerprint density at radius 1 is 1.29 bits per heavy atom. The molecule has 0 amide bonds. The summed E-state index contributed by atoms with van der Waals surface area (Å²) in [5, 5.41) is 0. The van der Waals surface area contributed by atoms with Gasteiger partial charge in [0.1, 0.15) is 0 Å². The molecular formula is C17H23NO2S. The number of sulfonamides is 1. The van der Waals surface area contributed by atoms with Crippen molar-refractivity contribution < 1.29 is 8.42 Å². The number of benzene rings is 1. The van der Waals surface area contributed by atoms with Gasteiger partial charge in [-0.05, 0) is 44.7 Å². The number of nitrogens with zero attached hydrogens (tertiary/aromatic N) is 1. The Balaban J connectivity index is 2.09. The van der Waals surface area contributed by atoms with E-state index in [1.807, 2.05) is 25.1 Å². The molecule has 21 heavy (non-hydrogen) atoms. The topological polar surface area (TPSA) is 37.4 Å². The number of rotatable bonds is 6. The summed E-state index contributed by atoms with van der Waals surface area (Å²) in [5.41, 5.74) is 2.29. The van der Waals surface area contributed by atoms with E-state index >= 15 is 0 Å². The van der Waals surface area contributed by atoms with Crippen LogP contribution in [-0.4, -0.2) is 25.8 Å². The van der Waals surface area contributed by atoms with Crippen LogP contribution in [0.3, 0.4) is 0 Å². The molecule has 0 fully saturated rings. The lowest BCUT2D eigenvalue weighted by Crippen LogP contribution is -2.35. The molecule has 1 aromatic carbocycles. The molecule has 0 spiro atoms. The van der Waals surface area contributed by atoms with Crippen LogP contribution in [0.4, 0.5) is 0 Å². The van der Waals surface area contributed by atoms with Gasteiger partial charge in [0.15, 0.2) is 0 Å². The zero-order valence-corrected chi connectivity index (χ0v) is 13.4. The van der Waals surface area contributed by atoms with E-state index in [9.17, 15) is 8.42 Å². The Labute approximate surface area is 128 Å². The maximum absolute atomic E-state index is 12.7. The third kappa shape index (κ3) is 4.05. The van der Waals surface area contributed by atoms with Crippen LogP contribution in [0, 0.1) is 6.92 Å². The Hall–Kier alpha value is -1.39. The van der Waals surface area contributed by atoms with Crippen molar-refractivity contribution in [3.8, 4) is 0 Å². The molecule has 0 bridgehead atoms. The number of unbranched alkanes of at least 4 members (excludes halogenated alkanes) is 1. The summed E-state index contributed by atoms with van der Waals surface area (Å²) < 4.78 is 26.9. The van der Waals surface area contributed by atoms with Crippen LogP contribution in [0.1, 0.15) is 31.2 Å². The second-order valence-corrected chi connectivity index (χ2v) is 7.42. The second-order valence-electron chi connectivity index (χ2n) is 5.48. The summed E-state index contributed by atoms with van der Waals surface area (Å²) in [6, 6.07) is 7.08. The summed E-state index contributed by atoms with van der Waals surface area (Å²) in [6.45, 7) is 6.77. The fourth-order valence-corrected chi connectivity index (χ4v) is 3.96. The fourth-order valence-electron chi connectivity index (χ4n) is 2.50. The fraction of sp³-hybridized carbons (Fsp3) is 0.412. The molecule has 0 atom stereocenters. The Kier molecular flexibility index (Phi) is 5.37. The standard InChI is InChI=1S/C17H23NO2S/c1-3-4-5-7-16-8-6-13-18(14-16)21(19,20)17-11-9-15(2)10-12-17/h3,8-12H,1,4-7,13-14H2,2H3. The van der Waals surface area contributed by atoms with Crippen molar-refractivity contribution in [3.63, 3.8) is 0 Å². The lowest BCUT2D eigenvalue weighted by Gasteiger charge is -2.26. The first-order valence-electron chi connectivity index (χ1n) is 7.39. The second kappa shape index (κ2) is 7.05. The monoisotopic (exact) mass is 305 g/mol. The van der Waals surface area contributed by atoms with Crippen molar-refractivity contribution >= 4 is 10.0 Å². The third-order valence-corrected chi connectivity index (χ3v) is 5.62. The smallest absolute Gasteiger partial charge is 0.207 e. The van der Waals surface area contributed by atoms with Gasteiger partial charge in [0.2, 0.25) is 10.0 Å². The molecular weight excluding hydrogens is 282 g/mol. The maximum atomic E-state index is 12.7. The normalized spacial score (nSPS) is 16.5. The van der Waals surface area contributed by atoms with Gasteiger partial charge >= 0.3 is 0 Å². The summed E-state index contributed by atoms with van der Waals surface area (Å²) >= 11 is 0. The predicted octanol–water partition coefficient (Wildman–Crippen LogP) is 3.67. The Morgan fingerprint density at radius 3 is 2.67 bits per heavy atom. The van der Waals surface area contributed by atoms with Crippen LogP contribution < -0.4 is 0 Å². The van der Waals surface area contributed by atoms with Gasteiger partial charge in [-0.25, -0.2) is 8.42 Å². The molecule has 1 aliphatic rings. The third-order valence-electron chi connectivity index (χ3n) is 3.76. The molecule has 1 aromatic rings. The summed E-state index contributed by atoms with van der Waals surface area (Å²) in [7, 11) is -3.37. The highest BCUT2D eigenvalue weighted by Crippen LogP contribution is 2.23. The van der Waals surface area contributed by atoms with Gasteiger partial charge in [-0.1, -0.05) is 35.4 Å². The van der Waals surface area contributed by atoms with Crippen molar-refractivity contribution in [2.24, 2.45) is 0 Å². The molecule has 0 aliphatic carbocycles. The van der Waals surface area contributed by atoms with Crippen LogP contribution in [0.15, 0.2) is 53.5 Å². The van der Waals surface area contributed by atoms with Crippen molar-refractivity contribution in [3.05, 3.63) is 54.1 Å². The average molecular weight is 305 g/mol. The summed E-state index contributed by atoms with van der Waals surface area (Å²) in [6.07, 6.45) is 7.85. The highest BCUT2D eigenvalue weighted by atomic mass is 32.2. The first-order valence-corrected chi connectivity index (χ1v) is 8.83.